The van der Waals surface area contributed by atoms with Crippen LogP contribution in [-0.4, -0.2) is 6.61 Å². The maximum Gasteiger partial charge on any atom is 0.387 e. The molecule has 0 aliphatic heterocycles. The standard InChI is InChI=1S/C14H12BrF2NO2/c15-10-6-11(13(18)12(7-10)20-14(16)17)19-8-9-4-2-1-3-5-9/h1-7,14H,8,18H2. The van der Waals surface area contributed by atoms with Gasteiger partial charge in [-0.1, -0.05) is 46.3 Å². The largest absolute Gasteiger partial charge is 0.487 e. The van der Waals surface area contributed by atoms with Gasteiger partial charge in [-0.3, -0.25) is 0 Å². The molecule has 0 spiro atoms. The van der Waals surface area contributed by atoms with E-state index in [9.17, 15) is 8.78 Å². The predicted molar refractivity (Wildman–Crippen MR) is 76.0 cm³/mol. The average molecular weight is 344 g/mol. The number of alkyl halides is 2. The van der Waals surface area contributed by atoms with Gasteiger partial charge in [0.2, 0.25) is 0 Å². The Kier molecular flexibility index (Phi) is 4.79. The number of ether oxygens (including phenoxy) is 2. The van der Waals surface area contributed by atoms with E-state index in [4.69, 9.17) is 10.5 Å². The minimum Gasteiger partial charge on any atom is -0.487 e. The van der Waals surface area contributed by atoms with Crippen molar-refractivity contribution in [2.24, 2.45) is 0 Å². The zero-order chi connectivity index (χ0) is 14.5. The number of anilines is 1. The fraction of sp³-hybridized carbons (Fsp3) is 0.143. The molecule has 106 valence electrons. The molecule has 2 rings (SSSR count). The SMILES string of the molecule is Nc1c(OCc2ccccc2)cc(Br)cc1OC(F)F. The lowest BCUT2D eigenvalue weighted by Crippen LogP contribution is -2.06. The van der Waals surface area contributed by atoms with E-state index in [-0.39, 0.29) is 18.0 Å². The molecule has 0 aliphatic carbocycles. The van der Waals surface area contributed by atoms with Crippen LogP contribution < -0.4 is 15.2 Å². The first-order valence-corrected chi connectivity index (χ1v) is 6.56. The third-order valence-corrected chi connectivity index (χ3v) is 2.98. The van der Waals surface area contributed by atoms with Crippen molar-refractivity contribution in [3.63, 3.8) is 0 Å². The molecule has 0 saturated heterocycles. The Morgan fingerprint density at radius 3 is 2.40 bits per heavy atom. The normalized spacial score (nSPS) is 10.6. The van der Waals surface area contributed by atoms with Gasteiger partial charge >= 0.3 is 6.61 Å². The van der Waals surface area contributed by atoms with Crippen LogP contribution in [0.5, 0.6) is 11.5 Å². The van der Waals surface area contributed by atoms with Gasteiger partial charge in [-0.25, -0.2) is 0 Å². The van der Waals surface area contributed by atoms with Crippen LogP contribution in [-0.2, 0) is 6.61 Å². The second kappa shape index (κ2) is 6.56. The topological polar surface area (TPSA) is 44.5 Å². The van der Waals surface area contributed by atoms with Gasteiger partial charge in [0.15, 0.2) is 5.75 Å². The van der Waals surface area contributed by atoms with Crippen molar-refractivity contribution < 1.29 is 18.3 Å². The van der Waals surface area contributed by atoms with Crippen LogP contribution in [0.4, 0.5) is 14.5 Å². The number of rotatable bonds is 5. The van der Waals surface area contributed by atoms with Crippen LogP contribution in [0, 0.1) is 0 Å². The highest BCUT2D eigenvalue weighted by atomic mass is 79.9. The van der Waals surface area contributed by atoms with Gasteiger partial charge in [0.1, 0.15) is 18.0 Å². The van der Waals surface area contributed by atoms with Crippen LogP contribution >= 0.6 is 15.9 Å². The molecule has 6 heteroatoms. The minimum atomic E-state index is -2.94. The second-order valence-corrected chi connectivity index (χ2v) is 4.88. The highest BCUT2D eigenvalue weighted by Gasteiger charge is 2.13. The fourth-order valence-electron chi connectivity index (χ4n) is 1.62. The Bertz CT molecular complexity index is 579. The molecule has 3 nitrogen and oxygen atoms in total. The van der Waals surface area contributed by atoms with Gasteiger partial charge in [-0.2, -0.15) is 8.78 Å². The van der Waals surface area contributed by atoms with E-state index in [1.807, 2.05) is 30.3 Å². The molecule has 0 bridgehead atoms. The van der Waals surface area contributed by atoms with Crippen molar-refractivity contribution in [3.8, 4) is 11.5 Å². The summed E-state index contributed by atoms with van der Waals surface area (Å²) in [6.45, 7) is -2.65. The number of benzene rings is 2. The third kappa shape index (κ3) is 3.84. The zero-order valence-corrected chi connectivity index (χ0v) is 11.9. The molecule has 0 radical (unpaired) electrons. The van der Waals surface area contributed by atoms with Crippen molar-refractivity contribution >= 4 is 21.6 Å². The summed E-state index contributed by atoms with van der Waals surface area (Å²) in [4.78, 5) is 0. The number of halogens is 3. The maximum absolute atomic E-state index is 12.3. The van der Waals surface area contributed by atoms with Crippen molar-refractivity contribution in [1.82, 2.24) is 0 Å². The highest BCUT2D eigenvalue weighted by molar-refractivity contribution is 9.10. The van der Waals surface area contributed by atoms with Crippen molar-refractivity contribution in [1.29, 1.82) is 0 Å². The number of nitrogen functional groups attached to an aromatic ring is 1. The van der Waals surface area contributed by atoms with Crippen molar-refractivity contribution in [2.45, 2.75) is 13.2 Å². The predicted octanol–water partition coefficient (Wildman–Crippen LogP) is 4.21. The van der Waals surface area contributed by atoms with Crippen LogP contribution in [0.3, 0.4) is 0 Å². The lowest BCUT2D eigenvalue weighted by Gasteiger charge is -2.13. The molecule has 2 aromatic rings. The number of nitrogens with two attached hydrogens (primary N) is 1. The summed E-state index contributed by atoms with van der Waals surface area (Å²) in [6, 6.07) is 12.4. The van der Waals surface area contributed by atoms with Gasteiger partial charge in [0, 0.05) is 4.47 Å². The summed E-state index contributed by atoms with van der Waals surface area (Å²) in [5, 5.41) is 0. The van der Waals surface area contributed by atoms with E-state index in [1.165, 1.54) is 6.07 Å². The van der Waals surface area contributed by atoms with E-state index in [0.29, 0.717) is 10.2 Å². The quantitative estimate of drug-likeness (QED) is 0.827. The molecule has 0 aromatic heterocycles. The molecular weight excluding hydrogens is 332 g/mol. The molecule has 2 aromatic carbocycles. The lowest BCUT2D eigenvalue weighted by molar-refractivity contribution is -0.0494. The first kappa shape index (κ1) is 14.6. The van der Waals surface area contributed by atoms with E-state index in [2.05, 4.69) is 20.7 Å². The zero-order valence-electron chi connectivity index (χ0n) is 10.4. The molecule has 0 saturated carbocycles. The summed E-state index contributed by atoms with van der Waals surface area (Å²) in [6.07, 6.45) is 0. The van der Waals surface area contributed by atoms with Gasteiger partial charge in [-0.05, 0) is 17.7 Å². The molecule has 0 fully saturated rings. The summed E-state index contributed by atoms with van der Waals surface area (Å²) in [5.74, 6) is 0.177. The summed E-state index contributed by atoms with van der Waals surface area (Å²) in [5.41, 5.74) is 6.75. The first-order valence-electron chi connectivity index (χ1n) is 5.77. The molecule has 0 amide bonds. The Hall–Kier alpha value is -1.82. The van der Waals surface area contributed by atoms with Crippen LogP contribution in [0.2, 0.25) is 0 Å². The van der Waals surface area contributed by atoms with Crippen LogP contribution in [0.1, 0.15) is 5.56 Å². The first-order chi connectivity index (χ1) is 9.56. The number of hydrogen-bond acceptors (Lipinski definition) is 3. The van der Waals surface area contributed by atoms with E-state index < -0.39 is 6.61 Å². The van der Waals surface area contributed by atoms with E-state index in [0.717, 1.165) is 5.56 Å². The Morgan fingerprint density at radius 2 is 1.75 bits per heavy atom. The Balaban J connectivity index is 2.17. The van der Waals surface area contributed by atoms with Crippen molar-refractivity contribution in [3.05, 3.63) is 52.5 Å². The van der Waals surface area contributed by atoms with Gasteiger partial charge in [0.05, 0.1) is 0 Å². The molecule has 2 N–H and O–H groups in total. The maximum atomic E-state index is 12.3. The third-order valence-electron chi connectivity index (χ3n) is 2.52. The second-order valence-electron chi connectivity index (χ2n) is 3.97. The minimum absolute atomic E-state index is 0.0458. The molecule has 0 unspecified atom stereocenters. The fourth-order valence-corrected chi connectivity index (χ4v) is 2.03. The molecule has 0 heterocycles. The van der Waals surface area contributed by atoms with Crippen LogP contribution in [0.15, 0.2) is 46.9 Å². The van der Waals surface area contributed by atoms with Crippen LogP contribution in [0.25, 0.3) is 0 Å². The Morgan fingerprint density at radius 1 is 1.10 bits per heavy atom. The van der Waals surface area contributed by atoms with Gasteiger partial charge < -0.3 is 15.2 Å². The highest BCUT2D eigenvalue weighted by Crippen LogP contribution is 2.36. The average Bonchev–Trinajstić information content (AvgIpc) is 2.41. The smallest absolute Gasteiger partial charge is 0.387 e. The summed E-state index contributed by atoms with van der Waals surface area (Å²) < 4.78 is 35.0. The van der Waals surface area contributed by atoms with Gasteiger partial charge in [-0.15, -0.1) is 0 Å². The summed E-state index contributed by atoms with van der Waals surface area (Å²) >= 11 is 3.20. The number of hydrogen-bond donors (Lipinski definition) is 1. The Labute approximate surface area is 123 Å². The summed E-state index contributed by atoms with van der Waals surface area (Å²) in [7, 11) is 0. The van der Waals surface area contributed by atoms with Gasteiger partial charge in [0.25, 0.3) is 0 Å². The monoisotopic (exact) mass is 343 g/mol. The molecule has 0 aliphatic rings. The molecule has 0 atom stereocenters. The van der Waals surface area contributed by atoms with E-state index >= 15 is 0 Å². The molecule has 20 heavy (non-hydrogen) atoms. The van der Waals surface area contributed by atoms with E-state index in [1.54, 1.807) is 6.07 Å². The lowest BCUT2D eigenvalue weighted by atomic mass is 10.2. The molecular formula is C14H12BrF2NO2. The van der Waals surface area contributed by atoms with Crippen molar-refractivity contribution in [2.75, 3.05) is 5.73 Å².